The molecule has 0 atom stereocenters. The van der Waals surface area contributed by atoms with Crippen molar-refractivity contribution in [3.05, 3.63) is 89.6 Å². The molecule has 0 spiro atoms. The van der Waals surface area contributed by atoms with E-state index in [0.717, 1.165) is 0 Å². The molecule has 0 saturated heterocycles. The Labute approximate surface area is 192 Å². The number of carbonyl (C=O) groups excluding carboxylic acids is 1. The van der Waals surface area contributed by atoms with Crippen molar-refractivity contribution in [2.75, 3.05) is 5.32 Å². The number of benzene rings is 1. The number of aromatic amines is 1. The van der Waals surface area contributed by atoms with E-state index in [-0.39, 0.29) is 42.0 Å². The van der Waals surface area contributed by atoms with Gasteiger partial charge in [0.15, 0.2) is 5.82 Å². The molecule has 0 aliphatic carbocycles. The maximum absolute atomic E-state index is 14.0. The summed E-state index contributed by atoms with van der Waals surface area (Å²) in [4.78, 5) is 20.5. The average Bonchev–Trinajstić information content (AvgIpc) is 3.50. The highest BCUT2D eigenvalue weighted by Crippen LogP contribution is 2.15. The standard InChI is InChI=1S/C22H19FN8O3/c23-15-4-2-1-3-13(15)11-26-18(17-6-8-34-31-17)10-16(24)21-25-7-5-19(29-21)28-20(32)9-14-12-27-30-22(14)33/h1-8,10,12,24,26H,9,11H2,(H2,27,30,33)(H,25,28,29,32)/b18-10-,24-16?. The Hall–Kier alpha value is -4.87. The number of halogens is 1. The molecule has 1 amide bonds. The lowest BCUT2D eigenvalue weighted by atomic mass is 10.2. The molecule has 12 heteroatoms. The summed E-state index contributed by atoms with van der Waals surface area (Å²) in [5.74, 6) is -0.830. The molecule has 4 aromatic rings. The van der Waals surface area contributed by atoms with Gasteiger partial charge in [-0.3, -0.25) is 15.3 Å². The van der Waals surface area contributed by atoms with E-state index in [1.165, 1.54) is 36.9 Å². The van der Waals surface area contributed by atoms with Gasteiger partial charge in [-0.2, -0.15) is 0 Å². The third kappa shape index (κ3) is 5.48. The lowest BCUT2D eigenvalue weighted by molar-refractivity contribution is -0.115. The molecule has 0 aliphatic rings. The summed E-state index contributed by atoms with van der Waals surface area (Å²) in [5.41, 5.74) is 1.50. The minimum absolute atomic E-state index is 0.0395. The highest BCUT2D eigenvalue weighted by Gasteiger charge is 2.13. The highest BCUT2D eigenvalue weighted by atomic mass is 19.1. The maximum Gasteiger partial charge on any atom is 0.233 e. The number of hydrogen-bond donors (Lipinski definition) is 5. The number of rotatable bonds is 9. The van der Waals surface area contributed by atoms with Crippen LogP contribution in [0.4, 0.5) is 10.2 Å². The van der Waals surface area contributed by atoms with Gasteiger partial charge in [-0.25, -0.2) is 14.4 Å². The Morgan fingerprint density at radius 3 is 2.82 bits per heavy atom. The molecule has 172 valence electrons. The number of aromatic hydroxyl groups is 1. The van der Waals surface area contributed by atoms with Crippen LogP contribution in [0.2, 0.25) is 0 Å². The van der Waals surface area contributed by atoms with Crippen LogP contribution in [0.1, 0.15) is 22.6 Å². The molecular formula is C22H19FN8O3. The monoisotopic (exact) mass is 462 g/mol. The van der Waals surface area contributed by atoms with Crippen LogP contribution in [0.3, 0.4) is 0 Å². The Morgan fingerprint density at radius 1 is 1.24 bits per heavy atom. The van der Waals surface area contributed by atoms with Crippen LogP contribution in [0, 0.1) is 11.2 Å². The van der Waals surface area contributed by atoms with Crippen molar-refractivity contribution in [2.24, 2.45) is 0 Å². The first-order valence-corrected chi connectivity index (χ1v) is 10.0. The van der Waals surface area contributed by atoms with Gasteiger partial charge in [0.2, 0.25) is 11.8 Å². The van der Waals surface area contributed by atoms with Gasteiger partial charge in [-0.1, -0.05) is 23.4 Å². The van der Waals surface area contributed by atoms with Gasteiger partial charge in [-0.15, -0.1) is 5.10 Å². The normalized spacial score (nSPS) is 11.3. The Balaban J connectivity index is 1.49. The van der Waals surface area contributed by atoms with E-state index in [2.05, 4.69) is 36.0 Å². The van der Waals surface area contributed by atoms with Crippen molar-refractivity contribution in [3.63, 3.8) is 0 Å². The lowest BCUT2D eigenvalue weighted by Crippen LogP contribution is -2.17. The van der Waals surface area contributed by atoms with Crippen LogP contribution < -0.4 is 10.6 Å². The van der Waals surface area contributed by atoms with Crippen LogP contribution in [-0.4, -0.2) is 42.0 Å². The van der Waals surface area contributed by atoms with Gasteiger partial charge in [0.1, 0.15) is 29.3 Å². The van der Waals surface area contributed by atoms with Gasteiger partial charge in [-0.05, 0) is 18.2 Å². The summed E-state index contributed by atoms with van der Waals surface area (Å²) in [6.07, 6.45) is 5.51. The van der Waals surface area contributed by atoms with E-state index in [1.54, 1.807) is 24.3 Å². The number of carbonyl (C=O) groups is 1. The lowest BCUT2D eigenvalue weighted by Gasteiger charge is -2.10. The fourth-order valence-electron chi connectivity index (χ4n) is 2.96. The Kier molecular flexibility index (Phi) is 6.68. The fourth-order valence-corrected chi connectivity index (χ4v) is 2.96. The van der Waals surface area contributed by atoms with Gasteiger partial charge in [0.05, 0.1) is 12.1 Å². The minimum Gasteiger partial charge on any atom is -0.492 e. The van der Waals surface area contributed by atoms with Crippen LogP contribution >= 0.6 is 0 Å². The summed E-state index contributed by atoms with van der Waals surface area (Å²) in [5, 5.41) is 33.5. The molecule has 1 aromatic carbocycles. The van der Waals surface area contributed by atoms with E-state index < -0.39 is 5.91 Å². The zero-order valence-electron chi connectivity index (χ0n) is 17.6. The molecule has 11 nitrogen and oxygen atoms in total. The molecular weight excluding hydrogens is 443 g/mol. The molecule has 0 bridgehead atoms. The highest BCUT2D eigenvalue weighted by molar-refractivity contribution is 6.07. The molecule has 0 unspecified atom stereocenters. The molecule has 5 N–H and O–H groups in total. The molecule has 4 rings (SSSR count). The van der Waals surface area contributed by atoms with Crippen molar-refractivity contribution in [1.82, 2.24) is 30.6 Å². The van der Waals surface area contributed by atoms with Crippen LogP contribution in [-0.2, 0) is 17.8 Å². The summed E-state index contributed by atoms with van der Waals surface area (Å²) in [7, 11) is 0. The SMILES string of the molecule is N=C(/C=C(\NCc1ccccc1F)c1ccon1)c1nccc(NC(=O)Cc2c[nH]nc2O)n1. The van der Waals surface area contributed by atoms with Gasteiger partial charge < -0.3 is 20.3 Å². The quantitative estimate of drug-likeness (QED) is 0.237. The number of aromatic nitrogens is 5. The van der Waals surface area contributed by atoms with E-state index >= 15 is 0 Å². The predicted molar refractivity (Wildman–Crippen MR) is 119 cm³/mol. The summed E-state index contributed by atoms with van der Waals surface area (Å²) in [6.45, 7) is 0.149. The van der Waals surface area contributed by atoms with Crippen molar-refractivity contribution in [3.8, 4) is 5.88 Å². The largest absolute Gasteiger partial charge is 0.492 e. The predicted octanol–water partition coefficient (Wildman–Crippen LogP) is 2.41. The molecule has 34 heavy (non-hydrogen) atoms. The molecule has 0 aliphatic heterocycles. The molecule has 0 fully saturated rings. The third-order valence-corrected chi connectivity index (χ3v) is 4.64. The van der Waals surface area contributed by atoms with Crippen molar-refractivity contribution >= 4 is 23.1 Å². The van der Waals surface area contributed by atoms with E-state index in [0.29, 0.717) is 22.5 Å². The second-order valence-electron chi connectivity index (χ2n) is 7.03. The van der Waals surface area contributed by atoms with E-state index in [4.69, 9.17) is 9.93 Å². The minimum atomic E-state index is -0.432. The molecule has 3 aromatic heterocycles. The molecule has 0 radical (unpaired) electrons. The zero-order chi connectivity index (χ0) is 23.9. The van der Waals surface area contributed by atoms with Gasteiger partial charge in [0, 0.05) is 36.1 Å². The zero-order valence-corrected chi connectivity index (χ0v) is 17.6. The maximum atomic E-state index is 14.0. The Morgan fingerprint density at radius 2 is 2.09 bits per heavy atom. The number of hydrogen-bond acceptors (Lipinski definition) is 9. The van der Waals surface area contributed by atoms with Crippen molar-refractivity contribution in [1.29, 1.82) is 5.41 Å². The first kappa shape index (κ1) is 22.3. The first-order valence-electron chi connectivity index (χ1n) is 10.0. The van der Waals surface area contributed by atoms with Crippen molar-refractivity contribution in [2.45, 2.75) is 13.0 Å². The summed E-state index contributed by atoms with van der Waals surface area (Å²) < 4.78 is 18.9. The van der Waals surface area contributed by atoms with Crippen molar-refractivity contribution < 1.29 is 18.8 Å². The third-order valence-electron chi connectivity index (χ3n) is 4.64. The number of amides is 1. The number of nitrogens with one attached hydrogen (secondary N) is 4. The van der Waals surface area contributed by atoms with Crippen LogP contribution in [0.25, 0.3) is 5.70 Å². The second kappa shape index (κ2) is 10.2. The molecule has 0 saturated carbocycles. The smallest absolute Gasteiger partial charge is 0.233 e. The van der Waals surface area contributed by atoms with E-state index in [1.807, 2.05) is 0 Å². The first-order chi connectivity index (χ1) is 16.5. The van der Waals surface area contributed by atoms with Crippen LogP contribution in [0.5, 0.6) is 5.88 Å². The fraction of sp³-hybridized carbons (Fsp3) is 0.0909. The Bertz CT molecular complexity index is 1330. The number of nitrogens with zero attached hydrogens (tertiary/aromatic N) is 4. The average molecular weight is 462 g/mol. The summed E-state index contributed by atoms with van der Waals surface area (Å²) in [6, 6.07) is 9.40. The number of allylic oxidation sites excluding steroid dienone is 1. The second-order valence-corrected chi connectivity index (χ2v) is 7.03. The topological polar surface area (TPSA) is 166 Å². The van der Waals surface area contributed by atoms with E-state index in [9.17, 15) is 14.3 Å². The summed E-state index contributed by atoms with van der Waals surface area (Å²) >= 11 is 0. The van der Waals surface area contributed by atoms with Gasteiger partial charge >= 0.3 is 0 Å². The van der Waals surface area contributed by atoms with Gasteiger partial charge in [0.25, 0.3) is 0 Å². The van der Waals surface area contributed by atoms with Crippen LogP contribution in [0.15, 0.2) is 65.7 Å². The number of anilines is 1. The number of H-pyrrole nitrogens is 1. The molecule has 3 heterocycles.